The van der Waals surface area contributed by atoms with Crippen molar-refractivity contribution in [3.05, 3.63) is 72.7 Å². The maximum atomic E-state index is 4.56. The molecule has 3 heteroatoms. The highest BCUT2D eigenvalue weighted by atomic mass is 15.1. The average molecular weight is 343 g/mol. The minimum atomic E-state index is 0.878. The van der Waals surface area contributed by atoms with Gasteiger partial charge in [-0.25, -0.2) is 9.97 Å². The molecule has 0 aliphatic carbocycles. The van der Waals surface area contributed by atoms with Crippen molar-refractivity contribution in [2.75, 3.05) is 13.1 Å². The molecule has 0 spiro atoms. The zero-order valence-corrected chi connectivity index (χ0v) is 15.3. The van der Waals surface area contributed by atoms with Crippen molar-refractivity contribution in [1.29, 1.82) is 0 Å². The molecule has 2 heterocycles. The maximum Gasteiger partial charge on any atom is 0.116 e. The van der Waals surface area contributed by atoms with Gasteiger partial charge in [0.05, 0.1) is 5.69 Å². The standard InChI is InChI=1S/C23H25N3/c1-18-11-13-26(14-12-18)16-19-7-9-21(10-8-19)23-22(15-24-17-25-23)20-5-3-2-4-6-20/h2-10,15,17-18H,11-14,16H2,1H3. The molecule has 0 bridgehead atoms. The van der Waals surface area contributed by atoms with E-state index in [0.29, 0.717) is 0 Å². The molecule has 1 aliphatic heterocycles. The second kappa shape index (κ2) is 7.79. The molecule has 1 aromatic heterocycles. The first-order valence-electron chi connectivity index (χ1n) is 9.47. The topological polar surface area (TPSA) is 29.0 Å². The molecule has 26 heavy (non-hydrogen) atoms. The lowest BCUT2D eigenvalue weighted by Crippen LogP contribution is -2.32. The van der Waals surface area contributed by atoms with Crippen LogP contribution in [0.25, 0.3) is 22.4 Å². The molecule has 0 radical (unpaired) electrons. The quantitative estimate of drug-likeness (QED) is 0.664. The molecule has 0 atom stereocenters. The Kier molecular flexibility index (Phi) is 5.07. The summed E-state index contributed by atoms with van der Waals surface area (Å²) in [6, 6.07) is 19.2. The van der Waals surface area contributed by atoms with E-state index in [2.05, 4.69) is 70.3 Å². The van der Waals surface area contributed by atoms with Crippen LogP contribution >= 0.6 is 0 Å². The van der Waals surface area contributed by atoms with Gasteiger partial charge in [-0.2, -0.15) is 0 Å². The lowest BCUT2D eigenvalue weighted by molar-refractivity contribution is 0.185. The van der Waals surface area contributed by atoms with Crippen molar-refractivity contribution < 1.29 is 0 Å². The summed E-state index contributed by atoms with van der Waals surface area (Å²) in [5, 5.41) is 0. The van der Waals surface area contributed by atoms with Gasteiger partial charge in [-0.15, -0.1) is 0 Å². The molecule has 0 saturated carbocycles. The second-order valence-electron chi connectivity index (χ2n) is 7.31. The molecular formula is C23H25N3. The molecule has 4 rings (SSSR count). The number of hydrogen-bond donors (Lipinski definition) is 0. The van der Waals surface area contributed by atoms with Crippen molar-refractivity contribution in [3.63, 3.8) is 0 Å². The van der Waals surface area contributed by atoms with Crippen LogP contribution < -0.4 is 0 Å². The zero-order chi connectivity index (χ0) is 17.8. The normalized spacial score (nSPS) is 15.9. The van der Waals surface area contributed by atoms with Gasteiger partial charge in [0.2, 0.25) is 0 Å². The predicted molar refractivity (Wildman–Crippen MR) is 107 cm³/mol. The minimum Gasteiger partial charge on any atom is -0.299 e. The van der Waals surface area contributed by atoms with Gasteiger partial charge in [-0.3, -0.25) is 4.90 Å². The Morgan fingerprint density at radius 2 is 1.65 bits per heavy atom. The van der Waals surface area contributed by atoms with E-state index in [-0.39, 0.29) is 0 Å². The fourth-order valence-corrected chi connectivity index (χ4v) is 3.64. The average Bonchev–Trinajstić information content (AvgIpc) is 2.71. The van der Waals surface area contributed by atoms with E-state index in [0.717, 1.165) is 34.8 Å². The van der Waals surface area contributed by atoms with Crippen LogP contribution in [-0.2, 0) is 6.54 Å². The Balaban J connectivity index is 1.54. The lowest BCUT2D eigenvalue weighted by atomic mass is 9.98. The summed E-state index contributed by atoms with van der Waals surface area (Å²) in [6.07, 6.45) is 6.17. The van der Waals surface area contributed by atoms with Gasteiger partial charge in [-0.05, 0) is 43.0 Å². The lowest BCUT2D eigenvalue weighted by Gasteiger charge is -2.30. The molecule has 3 nitrogen and oxygen atoms in total. The number of nitrogens with zero attached hydrogens (tertiary/aromatic N) is 3. The summed E-state index contributed by atoms with van der Waals surface area (Å²) in [5.74, 6) is 0.878. The zero-order valence-electron chi connectivity index (χ0n) is 15.3. The Hall–Kier alpha value is -2.52. The number of benzene rings is 2. The summed E-state index contributed by atoms with van der Waals surface area (Å²) in [4.78, 5) is 11.4. The van der Waals surface area contributed by atoms with Gasteiger partial charge < -0.3 is 0 Å². The highest BCUT2D eigenvalue weighted by Gasteiger charge is 2.16. The SMILES string of the molecule is CC1CCN(Cc2ccc(-c3ncncc3-c3ccccc3)cc2)CC1. The highest BCUT2D eigenvalue weighted by Crippen LogP contribution is 2.29. The monoisotopic (exact) mass is 343 g/mol. The number of piperidine rings is 1. The Bertz CT molecular complexity index is 835. The summed E-state index contributed by atoms with van der Waals surface area (Å²) < 4.78 is 0. The van der Waals surface area contributed by atoms with E-state index in [9.17, 15) is 0 Å². The van der Waals surface area contributed by atoms with Gasteiger partial charge in [-0.1, -0.05) is 61.5 Å². The first-order chi connectivity index (χ1) is 12.8. The van der Waals surface area contributed by atoms with Gasteiger partial charge in [0.1, 0.15) is 6.33 Å². The Morgan fingerprint density at radius 3 is 2.38 bits per heavy atom. The maximum absolute atomic E-state index is 4.56. The molecule has 3 aromatic rings. The van der Waals surface area contributed by atoms with Gasteiger partial charge in [0.25, 0.3) is 0 Å². The Labute approximate surface area is 155 Å². The van der Waals surface area contributed by atoms with Crippen LogP contribution in [-0.4, -0.2) is 28.0 Å². The van der Waals surface area contributed by atoms with Crippen LogP contribution in [0.15, 0.2) is 67.1 Å². The van der Waals surface area contributed by atoms with Crippen LogP contribution in [0.2, 0.25) is 0 Å². The van der Waals surface area contributed by atoms with Crippen molar-refractivity contribution in [3.8, 4) is 22.4 Å². The Morgan fingerprint density at radius 1 is 0.923 bits per heavy atom. The molecule has 1 aliphatic rings. The van der Waals surface area contributed by atoms with Crippen LogP contribution in [0.5, 0.6) is 0 Å². The van der Waals surface area contributed by atoms with E-state index >= 15 is 0 Å². The van der Waals surface area contributed by atoms with Crippen molar-refractivity contribution in [1.82, 2.24) is 14.9 Å². The molecule has 0 amide bonds. The van der Waals surface area contributed by atoms with E-state index in [1.165, 1.54) is 31.5 Å². The van der Waals surface area contributed by atoms with Crippen molar-refractivity contribution >= 4 is 0 Å². The third-order valence-electron chi connectivity index (χ3n) is 5.31. The summed E-state index contributed by atoms with van der Waals surface area (Å²) in [5.41, 5.74) is 5.73. The highest BCUT2D eigenvalue weighted by molar-refractivity contribution is 5.79. The van der Waals surface area contributed by atoms with Crippen molar-refractivity contribution in [2.45, 2.75) is 26.3 Å². The fraction of sp³-hybridized carbons (Fsp3) is 0.304. The number of rotatable bonds is 4. The predicted octanol–water partition coefficient (Wildman–Crippen LogP) is 5.04. The molecular weight excluding hydrogens is 318 g/mol. The molecule has 0 N–H and O–H groups in total. The smallest absolute Gasteiger partial charge is 0.116 e. The van der Waals surface area contributed by atoms with Crippen LogP contribution in [0.3, 0.4) is 0 Å². The molecule has 1 saturated heterocycles. The third-order valence-corrected chi connectivity index (χ3v) is 5.31. The molecule has 0 unspecified atom stereocenters. The van der Waals surface area contributed by atoms with Crippen LogP contribution in [0.1, 0.15) is 25.3 Å². The van der Waals surface area contributed by atoms with Crippen molar-refractivity contribution in [2.24, 2.45) is 5.92 Å². The largest absolute Gasteiger partial charge is 0.299 e. The second-order valence-corrected chi connectivity index (χ2v) is 7.31. The van der Waals surface area contributed by atoms with E-state index in [1.54, 1.807) is 6.33 Å². The molecule has 132 valence electrons. The fourth-order valence-electron chi connectivity index (χ4n) is 3.64. The first kappa shape index (κ1) is 16.9. The van der Waals surface area contributed by atoms with Crippen LogP contribution in [0, 0.1) is 5.92 Å². The van der Waals surface area contributed by atoms with Crippen LogP contribution in [0.4, 0.5) is 0 Å². The molecule has 1 fully saturated rings. The number of aromatic nitrogens is 2. The third kappa shape index (κ3) is 3.83. The first-order valence-corrected chi connectivity index (χ1v) is 9.47. The van der Waals surface area contributed by atoms with Gasteiger partial charge in [0.15, 0.2) is 0 Å². The van der Waals surface area contributed by atoms with Gasteiger partial charge in [0, 0.05) is 23.9 Å². The summed E-state index contributed by atoms with van der Waals surface area (Å²) in [6.45, 7) is 5.83. The van der Waals surface area contributed by atoms with E-state index in [4.69, 9.17) is 0 Å². The molecule has 2 aromatic carbocycles. The number of likely N-dealkylation sites (tertiary alicyclic amines) is 1. The summed E-state index contributed by atoms with van der Waals surface area (Å²) in [7, 11) is 0. The minimum absolute atomic E-state index is 0.878. The summed E-state index contributed by atoms with van der Waals surface area (Å²) >= 11 is 0. The number of hydrogen-bond acceptors (Lipinski definition) is 3. The van der Waals surface area contributed by atoms with E-state index in [1.807, 2.05) is 12.3 Å². The van der Waals surface area contributed by atoms with E-state index < -0.39 is 0 Å². The van der Waals surface area contributed by atoms with Gasteiger partial charge >= 0.3 is 0 Å².